The average Bonchev–Trinajstić information content (AvgIpc) is 3.00. The average molecular weight is 363 g/mol. The zero-order valence-corrected chi connectivity index (χ0v) is 15.7. The van der Waals surface area contributed by atoms with Gasteiger partial charge in [-0.05, 0) is 73.2 Å². The molecule has 2 aliphatic rings. The number of hydrogen-bond donors (Lipinski definition) is 3. The summed E-state index contributed by atoms with van der Waals surface area (Å²) >= 11 is 0. The van der Waals surface area contributed by atoms with Crippen molar-refractivity contribution in [1.82, 2.24) is 0 Å². The Kier molecular flexibility index (Phi) is 4.60. The van der Waals surface area contributed by atoms with Crippen LogP contribution in [0.4, 0.5) is 17.1 Å². The molecule has 5 nitrogen and oxygen atoms in total. The second-order valence-corrected chi connectivity index (χ2v) is 7.79. The molecule has 27 heavy (non-hydrogen) atoms. The van der Waals surface area contributed by atoms with Gasteiger partial charge in [-0.1, -0.05) is 6.92 Å². The van der Waals surface area contributed by atoms with Gasteiger partial charge in [0.2, 0.25) is 5.91 Å². The predicted octanol–water partition coefficient (Wildman–Crippen LogP) is 4.60. The highest BCUT2D eigenvalue weighted by Crippen LogP contribution is 2.45. The first-order chi connectivity index (χ1) is 13.0. The van der Waals surface area contributed by atoms with Gasteiger partial charge in [0, 0.05) is 41.5 Å². The highest BCUT2D eigenvalue weighted by Gasteiger charge is 2.36. The quantitative estimate of drug-likeness (QED) is 0.747. The fourth-order valence-electron chi connectivity index (χ4n) is 4.28. The molecular weight excluding hydrogens is 338 g/mol. The second-order valence-electron chi connectivity index (χ2n) is 7.79. The van der Waals surface area contributed by atoms with E-state index in [9.17, 15) is 9.59 Å². The number of carbonyl (C=O) groups is 2. The van der Waals surface area contributed by atoms with Crippen molar-refractivity contribution >= 4 is 28.9 Å². The maximum atomic E-state index is 12.7. The molecule has 0 radical (unpaired) electrons. The van der Waals surface area contributed by atoms with Crippen LogP contribution in [0, 0.1) is 5.92 Å². The van der Waals surface area contributed by atoms with Gasteiger partial charge in [0.1, 0.15) is 0 Å². The smallest absolute Gasteiger partial charge is 0.255 e. The Bertz CT molecular complexity index is 876. The Morgan fingerprint density at radius 1 is 1.00 bits per heavy atom. The molecule has 3 atom stereocenters. The molecule has 2 amide bonds. The van der Waals surface area contributed by atoms with Crippen LogP contribution in [0.15, 0.2) is 42.5 Å². The molecule has 5 heteroatoms. The summed E-state index contributed by atoms with van der Waals surface area (Å²) in [6, 6.07) is 13.6. The van der Waals surface area contributed by atoms with Crippen LogP contribution in [0.3, 0.4) is 0 Å². The molecule has 3 unspecified atom stereocenters. The van der Waals surface area contributed by atoms with Gasteiger partial charge in [-0.3, -0.25) is 9.59 Å². The number of fused-ring (bicyclic) bond motifs is 3. The van der Waals surface area contributed by atoms with Gasteiger partial charge in [0.25, 0.3) is 5.91 Å². The van der Waals surface area contributed by atoms with E-state index in [1.165, 1.54) is 37.4 Å². The normalized spacial score (nSPS) is 23.0. The number of anilines is 3. The third kappa shape index (κ3) is 3.68. The fourth-order valence-corrected chi connectivity index (χ4v) is 4.28. The van der Waals surface area contributed by atoms with E-state index in [1.54, 1.807) is 24.3 Å². The van der Waals surface area contributed by atoms with E-state index in [-0.39, 0.29) is 11.8 Å². The summed E-state index contributed by atoms with van der Waals surface area (Å²) in [6.45, 7) is 3.78. The second kappa shape index (κ2) is 7.06. The van der Waals surface area contributed by atoms with E-state index >= 15 is 0 Å². The molecule has 4 rings (SSSR count). The lowest BCUT2D eigenvalue weighted by Crippen LogP contribution is -2.27. The Morgan fingerprint density at radius 3 is 2.41 bits per heavy atom. The zero-order chi connectivity index (χ0) is 19.0. The van der Waals surface area contributed by atoms with Crippen molar-refractivity contribution in [2.24, 2.45) is 5.92 Å². The number of benzene rings is 2. The van der Waals surface area contributed by atoms with E-state index in [4.69, 9.17) is 0 Å². The van der Waals surface area contributed by atoms with Crippen LogP contribution in [-0.4, -0.2) is 17.9 Å². The Morgan fingerprint density at radius 2 is 1.70 bits per heavy atom. The van der Waals surface area contributed by atoms with Crippen molar-refractivity contribution in [2.45, 2.75) is 45.1 Å². The number of rotatable bonds is 3. The van der Waals surface area contributed by atoms with Crippen molar-refractivity contribution in [3.8, 4) is 0 Å². The van der Waals surface area contributed by atoms with Crippen LogP contribution in [0.1, 0.15) is 54.9 Å². The standard InChI is InChI=1S/C22H25N3O2/c1-13-3-9-20-18(11-13)19-12-15(4-10-21(19)25-20)22(27)24-17-7-5-16(6-8-17)23-14(2)26/h4-8,10,12-13,18,20,25H,3,9,11H2,1-2H3,(H,23,26)(H,24,27). The highest BCUT2D eigenvalue weighted by molar-refractivity contribution is 6.05. The molecule has 0 bridgehead atoms. The fraction of sp³-hybridized carbons (Fsp3) is 0.364. The minimum atomic E-state index is -0.117. The van der Waals surface area contributed by atoms with Crippen LogP contribution in [-0.2, 0) is 4.79 Å². The maximum Gasteiger partial charge on any atom is 0.255 e. The monoisotopic (exact) mass is 363 g/mol. The summed E-state index contributed by atoms with van der Waals surface area (Å²) in [7, 11) is 0. The Labute approximate surface area is 159 Å². The molecule has 0 spiro atoms. The molecule has 1 heterocycles. The van der Waals surface area contributed by atoms with Crippen LogP contribution < -0.4 is 16.0 Å². The molecule has 1 aliphatic heterocycles. The van der Waals surface area contributed by atoms with Crippen molar-refractivity contribution in [3.63, 3.8) is 0 Å². The van der Waals surface area contributed by atoms with E-state index in [0.29, 0.717) is 28.9 Å². The van der Waals surface area contributed by atoms with Crippen molar-refractivity contribution < 1.29 is 9.59 Å². The topological polar surface area (TPSA) is 70.2 Å². The number of hydrogen-bond acceptors (Lipinski definition) is 3. The van der Waals surface area contributed by atoms with Gasteiger partial charge < -0.3 is 16.0 Å². The SMILES string of the molecule is CC(=O)Nc1ccc(NC(=O)c2ccc3c(c2)C2CC(C)CCC2N3)cc1. The van der Waals surface area contributed by atoms with E-state index < -0.39 is 0 Å². The van der Waals surface area contributed by atoms with Crippen molar-refractivity contribution in [2.75, 3.05) is 16.0 Å². The lowest BCUT2D eigenvalue weighted by atomic mass is 9.77. The van der Waals surface area contributed by atoms with Gasteiger partial charge in [-0.25, -0.2) is 0 Å². The third-order valence-electron chi connectivity index (χ3n) is 5.63. The minimum Gasteiger partial charge on any atom is -0.381 e. The van der Waals surface area contributed by atoms with E-state index in [1.807, 2.05) is 18.2 Å². The van der Waals surface area contributed by atoms with Crippen LogP contribution in [0.5, 0.6) is 0 Å². The molecule has 3 N–H and O–H groups in total. The van der Waals surface area contributed by atoms with E-state index in [0.717, 1.165) is 5.92 Å². The molecule has 1 aliphatic carbocycles. The van der Waals surface area contributed by atoms with Crippen molar-refractivity contribution in [1.29, 1.82) is 0 Å². The molecule has 1 saturated carbocycles. The zero-order valence-electron chi connectivity index (χ0n) is 15.7. The first kappa shape index (κ1) is 17.6. The lowest BCUT2D eigenvalue weighted by Gasteiger charge is -2.30. The lowest BCUT2D eigenvalue weighted by molar-refractivity contribution is -0.114. The summed E-state index contributed by atoms with van der Waals surface area (Å²) in [5.41, 5.74) is 4.55. The Hall–Kier alpha value is -2.82. The Balaban J connectivity index is 1.49. The summed E-state index contributed by atoms with van der Waals surface area (Å²) in [6.07, 6.45) is 3.65. The number of carbonyl (C=O) groups excluding carboxylic acids is 2. The van der Waals surface area contributed by atoms with Gasteiger partial charge >= 0.3 is 0 Å². The molecule has 2 aromatic rings. The van der Waals surface area contributed by atoms with Gasteiger partial charge in [-0.15, -0.1) is 0 Å². The van der Waals surface area contributed by atoms with Crippen LogP contribution in [0.2, 0.25) is 0 Å². The predicted molar refractivity (Wildman–Crippen MR) is 108 cm³/mol. The minimum absolute atomic E-state index is 0.114. The molecule has 1 fully saturated rings. The third-order valence-corrected chi connectivity index (χ3v) is 5.63. The van der Waals surface area contributed by atoms with Crippen LogP contribution in [0.25, 0.3) is 0 Å². The maximum absolute atomic E-state index is 12.7. The highest BCUT2D eigenvalue weighted by atomic mass is 16.2. The largest absolute Gasteiger partial charge is 0.381 e. The molecule has 0 aromatic heterocycles. The first-order valence-electron chi connectivity index (χ1n) is 9.59. The van der Waals surface area contributed by atoms with Crippen LogP contribution >= 0.6 is 0 Å². The van der Waals surface area contributed by atoms with E-state index in [2.05, 4.69) is 22.9 Å². The molecule has 0 saturated heterocycles. The number of nitrogens with one attached hydrogen (secondary N) is 3. The van der Waals surface area contributed by atoms with Gasteiger partial charge in [-0.2, -0.15) is 0 Å². The van der Waals surface area contributed by atoms with Gasteiger partial charge in [0.05, 0.1) is 0 Å². The summed E-state index contributed by atoms with van der Waals surface area (Å²) in [4.78, 5) is 23.8. The van der Waals surface area contributed by atoms with Crippen molar-refractivity contribution in [3.05, 3.63) is 53.6 Å². The summed E-state index contributed by atoms with van der Waals surface area (Å²) in [5.74, 6) is 1.01. The summed E-state index contributed by atoms with van der Waals surface area (Å²) < 4.78 is 0. The first-order valence-corrected chi connectivity index (χ1v) is 9.59. The molecule has 2 aromatic carbocycles. The molecule has 140 valence electrons. The number of amides is 2. The van der Waals surface area contributed by atoms with Gasteiger partial charge in [0.15, 0.2) is 0 Å². The summed E-state index contributed by atoms with van der Waals surface area (Å²) in [5, 5.41) is 9.28. The molecular formula is C22H25N3O2.